The maximum Gasteiger partial charge on any atom is 0.323 e. The Morgan fingerprint density at radius 3 is 2.57 bits per heavy atom. The first-order valence-electron chi connectivity index (χ1n) is 4.13. The van der Waals surface area contributed by atoms with Crippen LogP contribution in [0.5, 0.6) is 0 Å². The summed E-state index contributed by atoms with van der Waals surface area (Å²) in [6.07, 6.45) is 1.48. The predicted octanol–water partition coefficient (Wildman–Crippen LogP) is -0.356. The third-order valence-corrected chi connectivity index (χ3v) is 3.81. The van der Waals surface area contributed by atoms with E-state index in [1.54, 1.807) is 13.8 Å². The molecule has 0 aromatic carbocycles. The monoisotopic (exact) mass is 219 g/mol. The minimum Gasteiger partial charge on any atom is -0.615 e. The summed E-state index contributed by atoms with van der Waals surface area (Å²) in [5, 5.41) is 8.06. The Labute approximate surface area is 85.3 Å². The highest BCUT2D eigenvalue weighted by molar-refractivity contribution is 7.91. The smallest absolute Gasteiger partial charge is 0.323 e. The number of aliphatic carboxylic acids is 1. The van der Waals surface area contributed by atoms with E-state index in [1.807, 2.05) is 0 Å². The summed E-state index contributed by atoms with van der Waals surface area (Å²) in [7, 11) is 0. The number of β-lactam (4-membered cyclic amide) rings is 1. The van der Waals surface area contributed by atoms with Gasteiger partial charge < -0.3 is 9.66 Å². The van der Waals surface area contributed by atoms with Crippen LogP contribution in [0.1, 0.15) is 13.8 Å². The van der Waals surface area contributed by atoms with Crippen LogP contribution >= 0.6 is 0 Å². The Hall–Kier alpha value is -0.750. The Kier molecular flexibility index (Phi) is 2.78. The highest BCUT2D eigenvalue weighted by atomic mass is 32.2. The lowest BCUT2D eigenvalue weighted by atomic mass is 9.82. The number of likely N-dealkylation sites (tertiary alicyclic amines) is 1. The quantitative estimate of drug-likeness (QED) is 0.519. The fraction of sp³-hybridized carbons (Fsp3) is 0.750. The van der Waals surface area contributed by atoms with E-state index in [1.165, 1.54) is 6.26 Å². The lowest BCUT2D eigenvalue weighted by Gasteiger charge is -2.50. The summed E-state index contributed by atoms with van der Waals surface area (Å²) in [6, 6.07) is 0. The summed E-state index contributed by atoms with van der Waals surface area (Å²) in [5.74, 6) is -1.33. The van der Waals surface area contributed by atoms with Gasteiger partial charge in [0.1, 0.15) is 12.0 Å². The van der Waals surface area contributed by atoms with E-state index in [0.717, 1.165) is 4.90 Å². The lowest BCUT2D eigenvalue weighted by molar-refractivity contribution is -0.165. The number of hydrogen-bond donors (Lipinski definition) is 1. The van der Waals surface area contributed by atoms with Gasteiger partial charge in [0.2, 0.25) is 11.3 Å². The molecule has 0 saturated carbocycles. The molecule has 1 amide bonds. The fourth-order valence-electron chi connectivity index (χ4n) is 1.80. The van der Waals surface area contributed by atoms with E-state index in [4.69, 9.17) is 5.11 Å². The van der Waals surface area contributed by atoms with Crippen LogP contribution in [0, 0.1) is 5.41 Å². The zero-order chi connectivity index (χ0) is 11.1. The summed E-state index contributed by atoms with van der Waals surface area (Å²) in [6.45, 7) is 2.99. The molecule has 80 valence electrons. The first kappa shape index (κ1) is 11.3. The Balaban J connectivity index is 2.78. The van der Waals surface area contributed by atoms with Crippen molar-refractivity contribution in [1.29, 1.82) is 0 Å². The van der Waals surface area contributed by atoms with Gasteiger partial charge in [0, 0.05) is 0 Å². The van der Waals surface area contributed by atoms with Crippen molar-refractivity contribution < 1.29 is 19.2 Å². The maximum atomic E-state index is 11.5. The molecule has 1 aliphatic rings. The molecule has 1 rings (SSSR count). The molecule has 0 aromatic rings. The van der Waals surface area contributed by atoms with Crippen molar-refractivity contribution in [3.8, 4) is 0 Å². The molecule has 2 atom stereocenters. The molecule has 0 aliphatic carbocycles. The molecule has 1 fully saturated rings. The normalized spacial score (nSPS) is 27.0. The van der Waals surface area contributed by atoms with Crippen molar-refractivity contribution in [2.45, 2.75) is 19.2 Å². The zero-order valence-electron chi connectivity index (χ0n) is 8.31. The van der Waals surface area contributed by atoms with Gasteiger partial charge in [-0.2, -0.15) is 0 Å². The first-order chi connectivity index (χ1) is 6.28. The van der Waals surface area contributed by atoms with Gasteiger partial charge in [-0.05, 0) is 25.0 Å². The molecule has 0 spiro atoms. The van der Waals surface area contributed by atoms with Gasteiger partial charge in [0.25, 0.3) is 0 Å². The third kappa shape index (κ3) is 1.59. The third-order valence-electron chi connectivity index (χ3n) is 2.33. The topological polar surface area (TPSA) is 80.7 Å². The van der Waals surface area contributed by atoms with Crippen molar-refractivity contribution in [1.82, 2.24) is 4.90 Å². The molecule has 0 aromatic heterocycles. The SMILES string of the molecule is C[S+]([O-])C1N(CC(=O)O)C(=O)C1(C)C. The van der Waals surface area contributed by atoms with Gasteiger partial charge in [-0.3, -0.25) is 14.5 Å². The summed E-state index contributed by atoms with van der Waals surface area (Å²) in [4.78, 5) is 23.0. The van der Waals surface area contributed by atoms with E-state index in [0.29, 0.717) is 0 Å². The number of carboxylic acid groups (broad SMARTS) is 1. The minimum atomic E-state index is -1.22. The van der Waals surface area contributed by atoms with Gasteiger partial charge in [-0.1, -0.05) is 0 Å². The lowest BCUT2D eigenvalue weighted by Crippen LogP contribution is -2.69. The number of nitrogens with zero attached hydrogens (tertiary/aromatic N) is 1. The number of amides is 1. The number of hydrogen-bond acceptors (Lipinski definition) is 3. The maximum absolute atomic E-state index is 11.5. The van der Waals surface area contributed by atoms with Crippen LogP contribution in [0.4, 0.5) is 0 Å². The van der Waals surface area contributed by atoms with Crippen molar-refractivity contribution in [3.63, 3.8) is 0 Å². The fourth-order valence-corrected chi connectivity index (χ4v) is 3.26. The molecule has 6 heteroatoms. The van der Waals surface area contributed by atoms with Crippen LogP contribution in [0.2, 0.25) is 0 Å². The van der Waals surface area contributed by atoms with E-state index in [9.17, 15) is 14.1 Å². The van der Waals surface area contributed by atoms with Crippen LogP contribution in [0.3, 0.4) is 0 Å². The standard InChI is InChI=1S/C8H13NO4S/c1-8(2)6(12)9(4-5(10)11)7(8)14(3)13/h7H,4H2,1-3H3,(H,10,11). The minimum absolute atomic E-state index is 0.250. The molecule has 1 saturated heterocycles. The predicted molar refractivity (Wildman–Crippen MR) is 51.0 cm³/mol. The second kappa shape index (κ2) is 3.43. The van der Waals surface area contributed by atoms with Gasteiger partial charge in [0.15, 0.2) is 0 Å². The van der Waals surface area contributed by atoms with Crippen LogP contribution in [0.25, 0.3) is 0 Å². The summed E-state index contributed by atoms with van der Waals surface area (Å²) >= 11 is -1.22. The van der Waals surface area contributed by atoms with Crippen molar-refractivity contribution in [3.05, 3.63) is 0 Å². The molecule has 0 bridgehead atoms. The Morgan fingerprint density at radius 2 is 2.21 bits per heavy atom. The molecule has 2 unspecified atom stereocenters. The average Bonchev–Trinajstić information content (AvgIpc) is 2.00. The molecule has 5 nitrogen and oxygen atoms in total. The Bertz CT molecular complexity index is 277. The van der Waals surface area contributed by atoms with Gasteiger partial charge in [-0.25, -0.2) is 0 Å². The Morgan fingerprint density at radius 1 is 1.71 bits per heavy atom. The van der Waals surface area contributed by atoms with E-state index in [-0.39, 0.29) is 12.5 Å². The highest BCUT2D eigenvalue weighted by Crippen LogP contribution is 2.40. The molecule has 1 heterocycles. The van der Waals surface area contributed by atoms with Crippen LogP contribution in [-0.2, 0) is 20.8 Å². The molecule has 0 radical (unpaired) electrons. The molecule has 14 heavy (non-hydrogen) atoms. The van der Waals surface area contributed by atoms with E-state index < -0.39 is 27.9 Å². The second-order valence-electron chi connectivity index (χ2n) is 3.90. The van der Waals surface area contributed by atoms with Crippen LogP contribution in [0.15, 0.2) is 0 Å². The zero-order valence-corrected chi connectivity index (χ0v) is 9.13. The van der Waals surface area contributed by atoms with E-state index in [2.05, 4.69) is 0 Å². The summed E-state index contributed by atoms with van der Waals surface area (Å²) < 4.78 is 11.3. The number of carbonyl (C=O) groups is 2. The molecular weight excluding hydrogens is 206 g/mol. The molecular formula is C8H13NO4S. The first-order valence-corrected chi connectivity index (χ1v) is 5.75. The van der Waals surface area contributed by atoms with Crippen LogP contribution < -0.4 is 0 Å². The van der Waals surface area contributed by atoms with Gasteiger partial charge in [0.05, 0.1) is 6.26 Å². The van der Waals surface area contributed by atoms with Crippen molar-refractivity contribution in [2.75, 3.05) is 12.8 Å². The largest absolute Gasteiger partial charge is 0.615 e. The van der Waals surface area contributed by atoms with Gasteiger partial charge >= 0.3 is 5.97 Å². The number of carbonyl (C=O) groups excluding carboxylic acids is 1. The average molecular weight is 219 g/mol. The second-order valence-corrected chi connectivity index (χ2v) is 5.34. The van der Waals surface area contributed by atoms with Crippen molar-refractivity contribution >= 4 is 23.1 Å². The van der Waals surface area contributed by atoms with Gasteiger partial charge in [-0.15, -0.1) is 0 Å². The number of carboxylic acids is 1. The molecule has 1 N–H and O–H groups in total. The van der Waals surface area contributed by atoms with Crippen LogP contribution in [-0.4, -0.2) is 44.6 Å². The van der Waals surface area contributed by atoms with Crippen molar-refractivity contribution in [2.24, 2.45) is 5.41 Å². The number of rotatable bonds is 3. The molecule has 1 aliphatic heterocycles. The summed E-state index contributed by atoms with van der Waals surface area (Å²) in [5.41, 5.74) is -0.699. The van der Waals surface area contributed by atoms with E-state index >= 15 is 0 Å². The highest BCUT2D eigenvalue weighted by Gasteiger charge is 2.60.